The van der Waals surface area contributed by atoms with E-state index in [1.807, 2.05) is 29.8 Å². The van der Waals surface area contributed by atoms with Crippen LogP contribution in [0.3, 0.4) is 0 Å². The highest BCUT2D eigenvalue weighted by atomic mass is 16.5. The number of anilines is 2. The number of nitrogens with one attached hydrogen (secondary N) is 3. The van der Waals surface area contributed by atoms with E-state index >= 15 is 0 Å². The van der Waals surface area contributed by atoms with E-state index in [0.29, 0.717) is 41.4 Å². The van der Waals surface area contributed by atoms with Crippen molar-refractivity contribution >= 4 is 46.3 Å². The fraction of sp³-hybridized carbons (Fsp3) is 0.353. The first kappa shape index (κ1) is 33.6. The molecule has 0 bridgehead atoms. The smallest absolute Gasteiger partial charge is 0.412 e. The van der Waals surface area contributed by atoms with Gasteiger partial charge in [-0.1, -0.05) is 38.3 Å². The Morgan fingerprint density at radius 3 is 2.48 bits per heavy atom. The van der Waals surface area contributed by atoms with Gasteiger partial charge >= 0.3 is 12.1 Å². The van der Waals surface area contributed by atoms with Crippen molar-refractivity contribution in [2.75, 3.05) is 30.0 Å². The minimum absolute atomic E-state index is 0.0288. The van der Waals surface area contributed by atoms with E-state index < -0.39 is 12.1 Å². The Balaban J connectivity index is 1.43. The summed E-state index contributed by atoms with van der Waals surface area (Å²) in [5.74, 6) is 0.374. The molecule has 2 aromatic carbocycles. The number of amides is 2. The van der Waals surface area contributed by atoms with Crippen molar-refractivity contribution in [1.82, 2.24) is 19.9 Å². The summed E-state index contributed by atoms with van der Waals surface area (Å²) < 4.78 is 12.2. The third-order valence-corrected chi connectivity index (χ3v) is 7.33. The Labute approximate surface area is 268 Å². The maximum Gasteiger partial charge on any atom is 0.412 e. The van der Waals surface area contributed by atoms with E-state index in [-0.39, 0.29) is 31.3 Å². The maximum atomic E-state index is 13.9. The lowest BCUT2D eigenvalue weighted by molar-refractivity contribution is -0.142. The first-order valence-corrected chi connectivity index (χ1v) is 15.5. The van der Waals surface area contributed by atoms with Gasteiger partial charge < -0.3 is 19.4 Å². The van der Waals surface area contributed by atoms with Crippen LogP contribution in [0.15, 0.2) is 66.9 Å². The number of hydrogen-bond acceptors (Lipinski definition) is 9. The van der Waals surface area contributed by atoms with E-state index in [0.717, 1.165) is 36.9 Å². The van der Waals surface area contributed by atoms with Crippen LogP contribution in [0.25, 0.3) is 11.0 Å². The van der Waals surface area contributed by atoms with E-state index in [4.69, 9.17) is 19.9 Å². The van der Waals surface area contributed by atoms with Crippen LogP contribution in [0.1, 0.15) is 67.7 Å². The number of aromatic nitrogens is 3. The van der Waals surface area contributed by atoms with Crippen molar-refractivity contribution in [2.24, 2.45) is 7.05 Å². The second-order valence-electron chi connectivity index (χ2n) is 10.6. The summed E-state index contributed by atoms with van der Waals surface area (Å²) in [6.07, 6.45) is 5.01. The summed E-state index contributed by atoms with van der Waals surface area (Å²) in [6, 6.07) is 17.8. The fourth-order valence-corrected chi connectivity index (χ4v) is 4.85. The molecule has 2 aromatic heterocycles. The zero-order chi connectivity index (χ0) is 32.9. The Morgan fingerprint density at radius 1 is 0.957 bits per heavy atom. The van der Waals surface area contributed by atoms with Gasteiger partial charge in [-0.3, -0.25) is 25.2 Å². The van der Waals surface area contributed by atoms with Gasteiger partial charge in [0.2, 0.25) is 0 Å². The highest BCUT2D eigenvalue weighted by molar-refractivity contribution is 6.12. The number of carbonyl (C=O) groups excluding carboxylic acids is 3. The summed E-state index contributed by atoms with van der Waals surface area (Å²) in [5.41, 5.74) is 3.04. The average molecular weight is 628 g/mol. The fourth-order valence-electron chi connectivity index (χ4n) is 4.85. The SMILES string of the molecule is CCCCCCOC(=O)NC(=N)c1ccc(NCc2nc3c(C(=O)N(CCC(=O)OCC)c4ccccn4)cccc3n2C)cc1. The molecule has 0 spiro atoms. The van der Waals surface area contributed by atoms with Gasteiger partial charge in [-0.15, -0.1) is 0 Å². The Kier molecular flexibility index (Phi) is 12.2. The van der Waals surface area contributed by atoms with Crippen molar-refractivity contribution in [3.63, 3.8) is 0 Å². The van der Waals surface area contributed by atoms with Crippen LogP contribution in [-0.4, -0.2) is 58.1 Å². The molecule has 46 heavy (non-hydrogen) atoms. The quantitative estimate of drug-likeness (QED) is 0.0646. The zero-order valence-electron chi connectivity index (χ0n) is 26.5. The van der Waals surface area contributed by atoms with Gasteiger partial charge in [0.25, 0.3) is 5.91 Å². The molecule has 0 saturated heterocycles. The average Bonchev–Trinajstić information content (AvgIpc) is 3.39. The van der Waals surface area contributed by atoms with Gasteiger partial charge in [-0.05, 0) is 61.9 Å². The summed E-state index contributed by atoms with van der Waals surface area (Å²) in [6.45, 7) is 4.93. The molecule has 4 rings (SSSR count). The number of esters is 1. The lowest BCUT2D eigenvalue weighted by Crippen LogP contribution is -2.34. The molecule has 0 aliphatic rings. The number of pyridine rings is 1. The largest absolute Gasteiger partial charge is 0.466 e. The van der Waals surface area contributed by atoms with Crippen molar-refractivity contribution in [2.45, 2.75) is 52.5 Å². The molecular formula is C34H41N7O5. The first-order valence-electron chi connectivity index (χ1n) is 15.5. The number of para-hydroxylation sites is 1. The summed E-state index contributed by atoms with van der Waals surface area (Å²) in [7, 11) is 1.89. The number of fused-ring (bicyclic) bond motifs is 1. The van der Waals surface area contributed by atoms with E-state index in [1.54, 1.807) is 55.6 Å². The monoisotopic (exact) mass is 627 g/mol. The minimum Gasteiger partial charge on any atom is -0.466 e. The third kappa shape index (κ3) is 8.90. The lowest BCUT2D eigenvalue weighted by Gasteiger charge is -2.21. The van der Waals surface area contributed by atoms with Crippen LogP contribution in [0.5, 0.6) is 0 Å². The first-order chi connectivity index (χ1) is 22.3. The molecule has 4 aromatic rings. The number of rotatable bonds is 15. The zero-order valence-corrected chi connectivity index (χ0v) is 26.5. The predicted molar refractivity (Wildman–Crippen MR) is 177 cm³/mol. The normalized spacial score (nSPS) is 10.8. The molecule has 2 amide bonds. The van der Waals surface area contributed by atoms with Crippen LogP contribution >= 0.6 is 0 Å². The molecule has 12 nitrogen and oxygen atoms in total. The number of imidazole rings is 1. The second-order valence-corrected chi connectivity index (χ2v) is 10.6. The van der Waals surface area contributed by atoms with Gasteiger partial charge in [-0.25, -0.2) is 14.8 Å². The number of ether oxygens (including phenoxy) is 2. The summed E-state index contributed by atoms with van der Waals surface area (Å²) in [4.78, 5) is 48.6. The van der Waals surface area contributed by atoms with Gasteiger partial charge in [0.15, 0.2) is 0 Å². The molecule has 0 aliphatic heterocycles. The number of unbranched alkanes of at least 4 members (excludes halogenated alkanes) is 3. The molecule has 3 N–H and O–H groups in total. The Morgan fingerprint density at radius 2 is 1.76 bits per heavy atom. The van der Waals surface area contributed by atoms with Gasteiger partial charge in [0.05, 0.1) is 37.3 Å². The maximum absolute atomic E-state index is 13.9. The number of alkyl carbamates (subject to hydrolysis) is 1. The Bertz CT molecular complexity index is 1640. The standard InChI is InChI=1S/C34H41N7O5/c1-4-6-7-10-22-46-34(44)39-32(35)24-15-17-25(18-16-24)37-23-29-38-31-26(12-11-13-27(31)40(29)3)33(43)41(21-19-30(42)45-5-2)28-14-8-9-20-36-28/h8-9,11-18,20,37H,4-7,10,19,21-23H2,1-3H3,(H2,35,39,44). The number of benzene rings is 2. The van der Waals surface area contributed by atoms with Crippen LogP contribution in [0.4, 0.5) is 16.3 Å². The number of amidine groups is 1. The molecule has 0 atom stereocenters. The van der Waals surface area contributed by atoms with E-state index in [1.165, 1.54) is 4.90 Å². The van der Waals surface area contributed by atoms with Crippen LogP contribution in [0.2, 0.25) is 0 Å². The lowest BCUT2D eigenvalue weighted by atomic mass is 10.1. The van der Waals surface area contributed by atoms with Crippen molar-refractivity contribution < 1.29 is 23.9 Å². The van der Waals surface area contributed by atoms with Gasteiger partial charge in [0, 0.05) is 31.0 Å². The van der Waals surface area contributed by atoms with E-state index in [9.17, 15) is 14.4 Å². The molecular weight excluding hydrogens is 586 g/mol. The van der Waals surface area contributed by atoms with Gasteiger partial charge in [0.1, 0.15) is 23.0 Å². The second kappa shape index (κ2) is 16.7. The van der Waals surface area contributed by atoms with Crippen LogP contribution in [-0.2, 0) is 27.9 Å². The molecule has 0 unspecified atom stereocenters. The summed E-state index contributed by atoms with van der Waals surface area (Å²) in [5, 5.41) is 14.0. The topological polar surface area (TPSA) is 152 Å². The number of nitrogens with zero attached hydrogens (tertiary/aromatic N) is 4. The molecule has 0 saturated carbocycles. The highest BCUT2D eigenvalue weighted by Crippen LogP contribution is 2.24. The predicted octanol–water partition coefficient (Wildman–Crippen LogP) is 5.81. The molecule has 2 heterocycles. The molecule has 242 valence electrons. The van der Waals surface area contributed by atoms with Crippen LogP contribution in [0, 0.1) is 5.41 Å². The molecule has 0 radical (unpaired) electrons. The van der Waals surface area contributed by atoms with Gasteiger partial charge in [-0.2, -0.15) is 0 Å². The minimum atomic E-state index is -0.634. The summed E-state index contributed by atoms with van der Waals surface area (Å²) >= 11 is 0. The molecule has 12 heteroatoms. The third-order valence-electron chi connectivity index (χ3n) is 7.33. The van der Waals surface area contributed by atoms with E-state index in [2.05, 4.69) is 22.5 Å². The molecule has 0 fully saturated rings. The number of carbonyl (C=O) groups is 3. The van der Waals surface area contributed by atoms with Crippen molar-refractivity contribution in [3.8, 4) is 0 Å². The highest BCUT2D eigenvalue weighted by Gasteiger charge is 2.24. The number of aryl methyl sites for hydroxylation is 1. The van der Waals surface area contributed by atoms with Crippen molar-refractivity contribution in [1.29, 1.82) is 5.41 Å². The molecule has 0 aliphatic carbocycles. The Hall–Kier alpha value is -5.26. The van der Waals surface area contributed by atoms with Crippen LogP contribution < -0.4 is 15.5 Å². The van der Waals surface area contributed by atoms with Crippen molar-refractivity contribution in [3.05, 3.63) is 83.8 Å². The number of hydrogen-bond donors (Lipinski definition) is 3.